The lowest BCUT2D eigenvalue weighted by molar-refractivity contribution is 0.321. The van der Waals surface area contributed by atoms with Gasteiger partial charge < -0.3 is 15.2 Å². The largest absolute Gasteiger partial charge is 0.490 e. The predicted molar refractivity (Wildman–Crippen MR) is 73.3 cm³/mol. The predicted octanol–water partition coefficient (Wildman–Crippen LogP) is 3.77. The number of nitrogens with two attached hydrogens (primary N) is 1. The SMILES string of the molecule is CCOc1ccccc1Oc1ccc(N)cc1C. The van der Waals surface area contributed by atoms with E-state index in [1.807, 2.05) is 56.3 Å². The van der Waals surface area contributed by atoms with Gasteiger partial charge in [0.1, 0.15) is 5.75 Å². The fourth-order valence-electron chi connectivity index (χ4n) is 1.71. The highest BCUT2D eigenvalue weighted by Gasteiger charge is 2.07. The minimum absolute atomic E-state index is 0.612. The molecule has 0 heterocycles. The summed E-state index contributed by atoms with van der Waals surface area (Å²) in [7, 11) is 0. The number of para-hydroxylation sites is 2. The second kappa shape index (κ2) is 5.45. The van der Waals surface area contributed by atoms with Crippen molar-refractivity contribution in [3.63, 3.8) is 0 Å². The summed E-state index contributed by atoms with van der Waals surface area (Å²) < 4.78 is 11.4. The monoisotopic (exact) mass is 243 g/mol. The molecule has 2 N–H and O–H groups in total. The van der Waals surface area contributed by atoms with Crippen molar-refractivity contribution in [2.45, 2.75) is 13.8 Å². The summed E-state index contributed by atoms with van der Waals surface area (Å²) in [5, 5.41) is 0. The Kier molecular flexibility index (Phi) is 3.72. The van der Waals surface area contributed by atoms with Gasteiger partial charge in [0.15, 0.2) is 11.5 Å². The maximum absolute atomic E-state index is 5.87. The van der Waals surface area contributed by atoms with Gasteiger partial charge in [0.25, 0.3) is 0 Å². The molecule has 2 aromatic rings. The van der Waals surface area contributed by atoms with E-state index in [4.69, 9.17) is 15.2 Å². The van der Waals surface area contributed by atoms with Gasteiger partial charge in [-0.1, -0.05) is 12.1 Å². The van der Waals surface area contributed by atoms with Crippen LogP contribution in [0.1, 0.15) is 12.5 Å². The van der Waals surface area contributed by atoms with Crippen LogP contribution in [0.4, 0.5) is 5.69 Å². The second-order valence-electron chi connectivity index (χ2n) is 4.01. The summed E-state index contributed by atoms with van der Waals surface area (Å²) in [6, 6.07) is 13.2. The average Bonchev–Trinajstić information content (AvgIpc) is 2.35. The molecule has 0 unspecified atom stereocenters. The molecular formula is C15H17NO2. The molecule has 0 saturated carbocycles. The molecule has 0 aromatic heterocycles. The van der Waals surface area contributed by atoms with Crippen LogP contribution >= 0.6 is 0 Å². The number of aryl methyl sites for hydroxylation is 1. The number of hydrogen-bond acceptors (Lipinski definition) is 3. The summed E-state index contributed by atoms with van der Waals surface area (Å²) in [5.74, 6) is 2.25. The highest BCUT2D eigenvalue weighted by molar-refractivity contribution is 5.50. The quantitative estimate of drug-likeness (QED) is 0.831. The van der Waals surface area contributed by atoms with E-state index in [0.717, 1.165) is 22.7 Å². The molecular weight excluding hydrogens is 226 g/mol. The van der Waals surface area contributed by atoms with Crippen LogP contribution in [0, 0.1) is 6.92 Å². The standard InChI is InChI=1S/C15H17NO2/c1-3-17-14-6-4-5-7-15(14)18-13-9-8-12(16)10-11(13)2/h4-10H,3,16H2,1-2H3. The van der Waals surface area contributed by atoms with E-state index in [9.17, 15) is 0 Å². The number of rotatable bonds is 4. The van der Waals surface area contributed by atoms with E-state index in [1.165, 1.54) is 0 Å². The van der Waals surface area contributed by atoms with Crippen LogP contribution in [0.15, 0.2) is 42.5 Å². The number of benzene rings is 2. The highest BCUT2D eigenvalue weighted by atomic mass is 16.5. The molecule has 2 aromatic carbocycles. The second-order valence-corrected chi connectivity index (χ2v) is 4.01. The van der Waals surface area contributed by atoms with E-state index < -0.39 is 0 Å². The topological polar surface area (TPSA) is 44.5 Å². The maximum Gasteiger partial charge on any atom is 0.169 e. The number of hydrogen-bond donors (Lipinski definition) is 1. The zero-order valence-corrected chi connectivity index (χ0v) is 10.6. The minimum Gasteiger partial charge on any atom is -0.490 e. The van der Waals surface area contributed by atoms with Crippen LogP contribution in [-0.4, -0.2) is 6.61 Å². The molecule has 0 aliphatic rings. The fraction of sp³-hybridized carbons (Fsp3) is 0.200. The number of ether oxygens (including phenoxy) is 2. The van der Waals surface area contributed by atoms with E-state index >= 15 is 0 Å². The number of anilines is 1. The highest BCUT2D eigenvalue weighted by Crippen LogP contribution is 2.33. The van der Waals surface area contributed by atoms with Gasteiger partial charge >= 0.3 is 0 Å². The third-order valence-electron chi connectivity index (χ3n) is 2.57. The van der Waals surface area contributed by atoms with Gasteiger partial charge in [0.05, 0.1) is 6.61 Å². The zero-order valence-electron chi connectivity index (χ0n) is 10.6. The summed E-state index contributed by atoms with van der Waals surface area (Å²) >= 11 is 0. The van der Waals surface area contributed by atoms with Crippen molar-refractivity contribution in [1.82, 2.24) is 0 Å². The van der Waals surface area contributed by atoms with E-state index in [-0.39, 0.29) is 0 Å². The molecule has 0 atom stereocenters. The summed E-state index contributed by atoms with van der Waals surface area (Å²) in [5.41, 5.74) is 7.45. The first kappa shape index (κ1) is 12.3. The summed E-state index contributed by atoms with van der Waals surface area (Å²) in [6.45, 7) is 4.53. The maximum atomic E-state index is 5.87. The van der Waals surface area contributed by atoms with E-state index in [1.54, 1.807) is 0 Å². The Morgan fingerprint density at radius 3 is 2.39 bits per heavy atom. The fourth-order valence-corrected chi connectivity index (χ4v) is 1.71. The van der Waals surface area contributed by atoms with Crippen LogP contribution in [-0.2, 0) is 0 Å². The molecule has 18 heavy (non-hydrogen) atoms. The molecule has 3 nitrogen and oxygen atoms in total. The Morgan fingerprint density at radius 1 is 1.00 bits per heavy atom. The van der Waals surface area contributed by atoms with Crippen LogP contribution in [0.5, 0.6) is 17.2 Å². The van der Waals surface area contributed by atoms with Gasteiger partial charge in [-0.3, -0.25) is 0 Å². The zero-order chi connectivity index (χ0) is 13.0. The lowest BCUT2D eigenvalue weighted by Gasteiger charge is -2.13. The normalized spacial score (nSPS) is 10.1. The van der Waals surface area contributed by atoms with Crippen molar-refractivity contribution in [1.29, 1.82) is 0 Å². The third kappa shape index (κ3) is 2.74. The van der Waals surface area contributed by atoms with Crippen LogP contribution in [0.3, 0.4) is 0 Å². The summed E-state index contributed by atoms with van der Waals surface area (Å²) in [6.07, 6.45) is 0. The van der Waals surface area contributed by atoms with Gasteiger partial charge in [-0.25, -0.2) is 0 Å². The molecule has 2 rings (SSSR count). The van der Waals surface area contributed by atoms with Crippen molar-refractivity contribution < 1.29 is 9.47 Å². The molecule has 0 amide bonds. The molecule has 0 fully saturated rings. The average molecular weight is 243 g/mol. The van der Waals surface area contributed by atoms with Crippen LogP contribution in [0.25, 0.3) is 0 Å². The van der Waals surface area contributed by atoms with Crippen molar-refractivity contribution in [3.05, 3.63) is 48.0 Å². The Labute approximate surface area is 107 Å². The van der Waals surface area contributed by atoms with Crippen LogP contribution in [0.2, 0.25) is 0 Å². The third-order valence-corrected chi connectivity index (χ3v) is 2.57. The molecule has 3 heteroatoms. The minimum atomic E-state index is 0.612. The lowest BCUT2D eigenvalue weighted by atomic mass is 10.2. The molecule has 0 spiro atoms. The Balaban J connectivity index is 2.28. The molecule has 0 radical (unpaired) electrons. The van der Waals surface area contributed by atoms with Crippen LogP contribution < -0.4 is 15.2 Å². The first-order valence-corrected chi connectivity index (χ1v) is 5.96. The lowest BCUT2D eigenvalue weighted by Crippen LogP contribution is -1.96. The van der Waals surface area contributed by atoms with Crippen molar-refractivity contribution >= 4 is 5.69 Å². The van der Waals surface area contributed by atoms with Crippen molar-refractivity contribution in [2.24, 2.45) is 0 Å². The van der Waals surface area contributed by atoms with Crippen molar-refractivity contribution in [2.75, 3.05) is 12.3 Å². The Morgan fingerprint density at radius 2 is 1.72 bits per heavy atom. The van der Waals surface area contributed by atoms with Gasteiger partial charge in [-0.2, -0.15) is 0 Å². The molecule has 0 aliphatic carbocycles. The van der Waals surface area contributed by atoms with Gasteiger partial charge in [-0.15, -0.1) is 0 Å². The molecule has 0 aliphatic heterocycles. The molecule has 0 saturated heterocycles. The van der Waals surface area contributed by atoms with E-state index in [2.05, 4.69) is 0 Å². The van der Waals surface area contributed by atoms with Crippen molar-refractivity contribution in [3.8, 4) is 17.2 Å². The van der Waals surface area contributed by atoms with E-state index in [0.29, 0.717) is 12.4 Å². The summed E-state index contributed by atoms with van der Waals surface area (Å²) in [4.78, 5) is 0. The Bertz CT molecular complexity index is 538. The molecule has 94 valence electrons. The first-order chi connectivity index (χ1) is 8.70. The van der Waals surface area contributed by atoms with Gasteiger partial charge in [0.2, 0.25) is 0 Å². The Hall–Kier alpha value is -2.16. The molecule has 0 bridgehead atoms. The first-order valence-electron chi connectivity index (χ1n) is 5.96. The van der Waals surface area contributed by atoms with Gasteiger partial charge in [0, 0.05) is 5.69 Å². The number of nitrogen functional groups attached to an aromatic ring is 1. The van der Waals surface area contributed by atoms with Gasteiger partial charge in [-0.05, 0) is 49.7 Å². The smallest absolute Gasteiger partial charge is 0.169 e.